The third kappa shape index (κ3) is 6.19. The van der Waals surface area contributed by atoms with Gasteiger partial charge in [-0.05, 0) is 26.3 Å². The normalized spacial score (nSPS) is 13.4. The molecule has 3 aromatic rings. The molecule has 0 unspecified atom stereocenters. The highest BCUT2D eigenvalue weighted by Gasteiger charge is 2.25. The van der Waals surface area contributed by atoms with Crippen molar-refractivity contribution in [3.63, 3.8) is 0 Å². The lowest BCUT2D eigenvalue weighted by Gasteiger charge is -2.36. The third-order valence-corrected chi connectivity index (χ3v) is 6.28. The van der Waals surface area contributed by atoms with Crippen LogP contribution in [-0.4, -0.2) is 66.2 Å². The van der Waals surface area contributed by atoms with E-state index in [2.05, 4.69) is 53.5 Å². The first-order chi connectivity index (χ1) is 17.4. The summed E-state index contributed by atoms with van der Waals surface area (Å²) in [6.07, 6.45) is 0.733. The maximum atomic E-state index is 12.5. The number of aryl methyl sites for hydroxylation is 2. The third-order valence-electron chi connectivity index (χ3n) is 6.28. The summed E-state index contributed by atoms with van der Waals surface area (Å²) in [5.74, 6) is 1.18. The van der Waals surface area contributed by atoms with Gasteiger partial charge in [-0.25, -0.2) is 14.8 Å². The first kappa shape index (κ1) is 25.2. The lowest BCUT2D eigenvalue weighted by molar-refractivity contribution is -0.141. The van der Waals surface area contributed by atoms with E-state index in [1.54, 1.807) is 11.8 Å². The number of anilines is 1. The summed E-state index contributed by atoms with van der Waals surface area (Å²) >= 11 is 0. The Morgan fingerprint density at radius 3 is 2.31 bits per heavy atom. The zero-order chi connectivity index (χ0) is 25.5. The molecule has 0 atom stereocenters. The van der Waals surface area contributed by atoms with E-state index in [1.165, 1.54) is 11.1 Å². The van der Waals surface area contributed by atoms with Gasteiger partial charge in [0.15, 0.2) is 5.82 Å². The van der Waals surface area contributed by atoms with E-state index in [9.17, 15) is 9.59 Å². The number of benzene rings is 2. The Morgan fingerprint density at radius 2 is 1.64 bits per heavy atom. The minimum absolute atomic E-state index is 0.126. The molecule has 188 valence electrons. The molecular weight excluding hydrogens is 454 g/mol. The molecule has 1 fully saturated rings. The van der Waals surface area contributed by atoms with Gasteiger partial charge in [0, 0.05) is 49.4 Å². The summed E-state index contributed by atoms with van der Waals surface area (Å²) in [5.41, 5.74) is 5.42. The maximum Gasteiger partial charge on any atom is 0.325 e. The lowest BCUT2D eigenvalue weighted by Crippen LogP contribution is -2.53. The van der Waals surface area contributed by atoms with Gasteiger partial charge in [-0.3, -0.25) is 4.79 Å². The number of aromatic nitrogens is 2. The highest BCUT2D eigenvalue weighted by molar-refractivity contribution is 5.81. The first-order valence-electron chi connectivity index (χ1n) is 12.4. The minimum atomic E-state index is -0.435. The van der Waals surface area contributed by atoms with Crippen molar-refractivity contribution in [1.29, 1.82) is 0 Å². The molecule has 0 bridgehead atoms. The molecule has 36 heavy (non-hydrogen) atoms. The van der Waals surface area contributed by atoms with Gasteiger partial charge in [-0.15, -0.1) is 0 Å². The smallest absolute Gasteiger partial charge is 0.325 e. The van der Waals surface area contributed by atoms with Crippen LogP contribution in [0.2, 0.25) is 0 Å². The van der Waals surface area contributed by atoms with Gasteiger partial charge in [-0.2, -0.15) is 0 Å². The maximum absolute atomic E-state index is 12.5. The number of carbonyl (C=O) groups is 2. The topological polar surface area (TPSA) is 87.7 Å². The zero-order valence-electron chi connectivity index (χ0n) is 21.2. The molecule has 8 heteroatoms. The second-order valence-corrected chi connectivity index (χ2v) is 8.90. The van der Waals surface area contributed by atoms with E-state index >= 15 is 0 Å². The molecule has 0 radical (unpaired) electrons. The summed E-state index contributed by atoms with van der Waals surface area (Å²) < 4.78 is 4.89. The molecule has 2 heterocycles. The molecule has 8 nitrogen and oxygen atoms in total. The number of urea groups is 1. The fourth-order valence-electron chi connectivity index (χ4n) is 4.27. The van der Waals surface area contributed by atoms with Gasteiger partial charge in [0.1, 0.15) is 12.4 Å². The standard InChI is InChI=1S/C28H33N5O3/c1-4-36-25(34)19-29-28(35)33-16-14-32(15-17-33)27-24(18-22-8-6-5-7-9-22)21(3)30-26(31-27)23-12-10-20(2)11-13-23/h5-13H,4,14-19H2,1-3H3,(H,29,35). The Balaban J connectivity index is 1.55. The summed E-state index contributed by atoms with van der Waals surface area (Å²) in [6, 6.07) is 18.3. The summed E-state index contributed by atoms with van der Waals surface area (Å²) in [4.78, 5) is 38.0. The molecule has 1 aromatic heterocycles. The van der Waals surface area contributed by atoms with Crippen LogP contribution in [0.3, 0.4) is 0 Å². The highest BCUT2D eigenvalue weighted by atomic mass is 16.5. The van der Waals surface area contributed by atoms with E-state index in [4.69, 9.17) is 14.7 Å². The monoisotopic (exact) mass is 487 g/mol. The van der Waals surface area contributed by atoms with E-state index in [0.717, 1.165) is 29.1 Å². The van der Waals surface area contributed by atoms with Crippen LogP contribution in [0.25, 0.3) is 11.4 Å². The average molecular weight is 488 g/mol. The van der Waals surface area contributed by atoms with E-state index in [0.29, 0.717) is 38.6 Å². The number of nitrogens with one attached hydrogen (secondary N) is 1. The Bertz CT molecular complexity index is 1190. The molecular formula is C28H33N5O3. The van der Waals surface area contributed by atoms with E-state index < -0.39 is 5.97 Å². The van der Waals surface area contributed by atoms with Crippen molar-refractivity contribution in [2.45, 2.75) is 27.2 Å². The van der Waals surface area contributed by atoms with Crippen molar-refractivity contribution >= 4 is 17.8 Å². The molecule has 1 N–H and O–H groups in total. The Morgan fingerprint density at radius 1 is 0.944 bits per heavy atom. The van der Waals surface area contributed by atoms with Crippen LogP contribution in [0, 0.1) is 13.8 Å². The van der Waals surface area contributed by atoms with Crippen LogP contribution in [0.15, 0.2) is 54.6 Å². The number of amides is 2. The highest BCUT2D eigenvalue weighted by Crippen LogP contribution is 2.28. The predicted molar refractivity (Wildman–Crippen MR) is 140 cm³/mol. The van der Waals surface area contributed by atoms with Crippen molar-refractivity contribution in [3.05, 3.63) is 77.0 Å². The SMILES string of the molecule is CCOC(=O)CNC(=O)N1CCN(c2nc(-c3ccc(C)cc3)nc(C)c2Cc2ccccc2)CC1. The average Bonchev–Trinajstić information content (AvgIpc) is 2.89. The number of carbonyl (C=O) groups excluding carboxylic acids is 2. The van der Waals surface area contributed by atoms with Gasteiger partial charge < -0.3 is 19.9 Å². The summed E-state index contributed by atoms with van der Waals surface area (Å²) in [5, 5.41) is 2.65. The van der Waals surface area contributed by atoms with Crippen molar-refractivity contribution in [1.82, 2.24) is 20.2 Å². The van der Waals surface area contributed by atoms with Crippen molar-refractivity contribution in [2.24, 2.45) is 0 Å². The fourth-order valence-corrected chi connectivity index (χ4v) is 4.27. The number of piperazine rings is 1. The molecule has 0 aliphatic carbocycles. The van der Waals surface area contributed by atoms with Crippen molar-refractivity contribution in [3.8, 4) is 11.4 Å². The van der Waals surface area contributed by atoms with Crippen LogP contribution >= 0.6 is 0 Å². The van der Waals surface area contributed by atoms with Crippen molar-refractivity contribution < 1.29 is 14.3 Å². The molecule has 0 saturated carbocycles. The first-order valence-corrected chi connectivity index (χ1v) is 12.4. The van der Waals surface area contributed by atoms with E-state index in [-0.39, 0.29) is 12.6 Å². The van der Waals surface area contributed by atoms with E-state index in [1.807, 2.05) is 25.1 Å². The number of hydrogen-bond donors (Lipinski definition) is 1. The predicted octanol–water partition coefficient (Wildman–Crippen LogP) is 3.75. The zero-order valence-corrected chi connectivity index (χ0v) is 21.2. The van der Waals surface area contributed by atoms with Gasteiger partial charge in [-0.1, -0.05) is 60.2 Å². The quantitative estimate of drug-likeness (QED) is 0.511. The van der Waals surface area contributed by atoms with Crippen LogP contribution in [-0.2, 0) is 16.0 Å². The number of nitrogens with zero attached hydrogens (tertiary/aromatic N) is 4. The fraction of sp³-hybridized carbons (Fsp3) is 0.357. The number of esters is 1. The van der Waals surface area contributed by atoms with Crippen molar-refractivity contribution in [2.75, 3.05) is 44.2 Å². The molecule has 1 saturated heterocycles. The molecule has 4 rings (SSSR count). The number of hydrogen-bond acceptors (Lipinski definition) is 6. The second-order valence-electron chi connectivity index (χ2n) is 8.90. The largest absolute Gasteiger partial charge is 0.465 e. The minimum Gasteiger partial charge on any atom is -0.465 e. The number of rotatable bonds is 7. The summed E-state index contributed by atoms with van der Waals surface area (Å²) in [7, 11) is 0. The molecule has 2 amide bonds. The lowest BCUT2D eigenvalue weighted by atomic mass is 10.0. The van der Waals surface area contributed by atoms with Gasteiger partial charge in [0.05, 0.1) is 6.61 Å². The van der Waals surface area contributed by atoms with Crippen LogP contribution in [0.5, 0.6) is 0 Å². The number of ether oxygens (including phenoxy) is 1. The molecule has 1 aliphatic rings. The molecule has 1 aliphatic heterocycles. The van der Waals surface area contributed by atoms with Crippen LogP contribution in [0.4, 0.5) is 10.6 Å². The molecule has 2 aromatic carbocycles. The van der Waals surface area contributed by atoms with Gasteiger partial charge in [0.25, 0.3) is 0 Å². The Kier molecular flexibility index (Phi) is 8.15. The Labute approximate surface area is 212 Å². The van der Waals surface area contributed by atoms with Crippen LogP contribution < -0.4 is 10.2 Å². The summed E-state index contributed by atoms with van der Waals surface area (Å²) in [6.45, 7) is 8.35. The van der Waals surface area contributed by atoms with Gasteiger partial charge in [0.2, 0.25) is 0 Å². The second kappa shape index (κ2) is 11.7. The molecule has 0 spiro atoms. The van der Waals surface area contributed by atoms with Gasteiger partial charge >= 0.3 is 12.0 Å². The van der Waals surface area contributed by atoms with Crippen LogP contribution in [0.1, 0.15) is 29.3 Å². The Hall–Kier alpha value is -3.94.